The molecule has 11 heavy (non-hydrogen) atoms. The average molecular weight is 162 g/mol. The van der Waals surface area contributed by atoms with Crippen LogP contribution in [0.5, 0.6) is 0 Å². The predicted octanol–water partition coefficient (Wildman–Crippen LogP) is 1.31. The molecule has 0 heterocycles. The fraction of sp³-hybridized carbons (Fsp3) is 1.00. The van der Waals surface area contributed by atoms with Crippen LogP contribution in [-0.2, 0) is 0 Å². The fourth-order valence-electron chi connectivity index (χ4n) is 0.738. The lowest BCUT2D eigenvalue weighted by molar-refractivity contribution is 0.184. The zero-order valence-electron chi connectivity index (χ0n) is 7.77. The normalized spacial score (nSPS) is 12.3. The molecule has 1 unspecified atom stereocenters. The molecule has 70 valence electrons. The highest BCUT2D eigenvalue weighted by atomic mass is 16.3. The highest BCUT2D eigenvalue weighted by Gasteiger charge is 1.92. The summed E-state index contributed by atoms with van der Waals surface area (Å²) in [5.41, 5.74) is 0. The summed E-state index contributed by atoms with van der Waals surface area (Å²) in [7, 11) is 0. The quantitative estimate of drug-likeness (QED) is 0.516. The Morgan fingerprint density at radius 2 is 2.00 bits per heavy atom. The van der Waals surface area contributed by atoms with Gasteiger partial charge in [-0.15, -0.1) is 0 Å². The Labute approximate surface area is 69.8 Å². The van der Waals surface area contributed by atoms with Crippen molar-refractivity contribution in [3.05, 3.63) is 0 Å². The van der Waals surface area contributed by atoms with Gasteiger partial charge in [0.1, 0.15) is 0 Å². The van der Waals surface area contributed by atoms with Gasteiger partial charge in [0.05, 0.1) is 6.10 Å². The lowest BCUT2D eigenvalue weighted by Gasteiger charge is -2.04. The molecule has 0 bridgehead atoms. The van der Waals surface area contributed by atoms with Gasteiger partial charge in [0.15, 0.2) is 0 Å². The second kappa shape index (κ2) is 9.88. The summed E-state index contributed by atoms with van der Waals surface area (Å²) in [6, 6.07) is 0. The van der Waals surface area contributed by atoms with Gasteiger partial charge in [-0.3, -0.25) is 0 Å². The van der Waals surface area contributed by atoms with Crippen molar-refractivity contribution in [1.82, 2.24) is 11.5 Å². The first kappa shape index (κ1) is 13.5. The first-order chi connectivity index (χ1) is 4.77. The molecule has 5 N–H and O–H groups in total. The average Bonchev–Trinajstić information content (AvgIpc) is 1.87. The Hall–Kier alpha value is -0.120. The second-order valence-electron chi connectivity index (χ2n) is 2.74. The van der Waals surface area contributed by atoms with Gasteiger partial charge in [-0.05, 0) is 32.9 Å². The summed E-state index contributed by atoms with van der Waals surface area (Å²) in [4.78, 5) is 0. The summed E-state index contributed by atoms with van der Waals surface area (Å²) in [6.07, 6.45) is 3.18. The molecule has 0 aliphatic carbocycles. The first-order valence-corrected chi connectivity index (χ1v) is 4.16. The van der Waals surface area contributed by atoms with Crippen LogP contribution in [0, 0.1) is 0 Å². The van der Waals surface area contributed by atoms with Crippen molar-refractivity contribution >= 4 is 0 Å². The Morgan fingerprint density at radius 1 is 1.36 bits per heavy atom. The van der Waals surface area contributed by atoms with Crippen LogP contribution >= 0.6 is 0 Å². The largest absolute Gasteiger partial charge is 0.393 e. The minimum absolute atomic E-state index is 0. The van der Waals surface area contributed by atoms with E-state index in [1.165, 1.54) is 12.8 Å². The lowest BCUT2D eigenvalue weighted by atomic mass is 10.3. The predicted molar refractivity (Wildman–Crippen MR) is 49.1 cm³/mol. The van der Waals surface area contributed by atoms with Crippen LogP contribution in [0.15, 0.2) is 0 Å². The molecule has 0 fully saturated rings. The zero-order valence-corrected chi connectivity index (χ0v) is 7.77. The molecule has 0 radical (unpaired) electrons. The van der Waals surface area contributed by atoms with Gasteiger partial charge in [0, 0.05) is 0 Å². The minimum Gasteiger partial charge on any atom is -0.393 e. The number of unbranched alkanes of at least 4 members (excludes halogenated alkanes) is 1. The van der Waals surface area contributed by atoms with Crippen LogP contribution in [0.3, 0.4) is 0 Å². The number of hydrogen-bond donors (Lipinski definition) is 3. The molecular weight excluding hydrogens is 140 g/mol. The number of aliphatic hydroxyl groups excluding tert-OH is 1. The fourth-order valence-corrected chi connectivity index (χ4v) is 0.738. The molecule has 0 aromatic carbocycles. The summed E-state index contributed by atoms with van der Waals surface area (Å²) in [5.74, 6) is 0. The van der Waals surface area contributed by atoms with Gasteiger partial charge in [0.2, 0.25) is 0 Å². The van der Waals surface area contributed by atoms with Crippen LogP contribution in [0.2, 0.25) is 0 Å². The summed E-state index contributed by atoms with van der Waals surface area (Å²) in [6.45, 7) is 6.03. The van der Waals surface area contributed by atoms with Crippen LogP contribution in [0.4, 0.5) is 0 Å². The van der Waals surface area contributed by atoms with Crippen molar-refractivity contribution in [2.24, 2.45) is 0 Å². The van der Waals surface area contributed by atoms with E-state index in [0.29, 0.717) is 0 Å². The Balaban J connectivity index is 0. The van der Waals surface area contributed by atoms with Gasteiger partial charge < -0.3 is 16.6 Å². The van der Waals surface area contributed by atoms with Crippen LogP contribution in [0.1, 0.15) is 33.1 Å². The maximum atomic E-state index is 8.87. The van der Waals surface area contributed by atoms with E-state index in [2.05, 4.69) is 12.2 Å². The third-order valence-corrected chi connectivity index (χ3v) is 1.45. The Bertz CT molecular complexity index is 67.1. The molecule has 0 spiro atoms. The monoisotopic (exact) mass is 162 g/mol. The van der Waals surface area contributed by atoms with E-state index < -0.39 is 0 Å². The van der Waals surface area contributed by atoms with Gasteiger partial charge in [0.25, 0.3) is 0 Å². The summed E-state index contributed by atoms with van der Waals surface area (Å²) in [5, 5.41) is 12.1. The summed E-state index contributed by atoms with van der Waals surface area (Å²) < 4.78 is 0. The van der Waals surface area contributed by atoms with Crippen LogP contribution in [-0.4, -0.2) is 24.3 Å². The van der Waals surface area contributed by atoms with E-state index in [0.717, 1.165) is 19.5 Å². The molecule has 0 saturated heterocycles. The standard InChI is InChI=1S/C8H19NO.H3N/c1-3-4-6-9-7-5-8(2)10;/h8-10H,3-7H2,1-2H3;1H3. The van der Waals surface area contributed by atoms with Crippen LogP contribution < -0.4 is 11.5 Å². The maximum Gasteiger partial charge on any atom is 0.0524 e. The third-order valence-electron chi connectivity index (χ3n) is 1.45. The number of nitrogens with one attached hydrogen (secondary N) is 1. The van der Waals surface area contributed by atoms with Crippen molar-refractivity contribution in [3.63, 3.8) is 0 Å². The maximum absolute atomic E-state index is 8.87. The Kier molecular flexibility index (Phi) is 12.1. The van der Waals surface area contributed by atoms with E-state index >= 15 is 0 Å². The molecule has 0 aromatic heterocycles. The van der Waals surface area contributed by atoms with Crippen molar-refractivity contribution in [2.75, 3.05) is 13.1 Å². The molecule has 0 aliphatic heterocycles. The molecule has 0 aromatic rings. The van der Waals surface area contributed by atoms with Crippen LogP contribution in [0.25, 0.3) is 0 Å². The SMILES string of the molecule is CCCCNCCC(C)O.N. The molecule has 3 heteroatoms. The molecule has 3 nitrogen and oxygen atoms in total. The highest BCUT2D eigenvalue weighted by molar-refractivity contribution is 4.51. The summed E-state index contributed by atoms with van der Waals surface area (Å²) >= 11 is 0. The molecule has 0 saturated carbocycles. The third kappa shape index (κ3) is 13.0. The topological polar surface area (TPSA) is 67.3 Å². The van der Waals surface area contributed by atoms with Crippen molar-refractivity contribution in [1.29, 1.82) is 0 Å². The van der Waals surface area contributed by atoms with E-state index in [9.17, 15) is 0 Å². The van der Waals surface area contributed by atoms with Gasteiger partial charge >= 0.3 is 0 Å². The van der Waals surface area contributed by atoms with Gasteiger partial charge in [-0.1, -0.05) is 13.3 Å². The lowest BCUT2D eigenvalue weighted by Crippen LogP contribution is -2.19. The molecular formula is C8H22N2O. The van der Waals surface area contributed by atoms with Gasteiger partial charge in [-0.2, -0.15) is 0 Å². The number of aliphatic hydroxyl groups is 1. The minimum atomic E-state index is -0.158. The van der Waals surface area contributed by atoms with E-state index in [-0.39, 0.29) is 12.3 Å². The highest BCUT2D eigenvalue weighted by Crippen LogP contribution is 1.87. The van der Waals surface area contributed by atoms with E-state index in [1.54, 1.807) is 0 Å². The van der Waals surface area contributed by atoms with Crippen molar-refractivity contribution in [2.45, 2.75) is 39.2 Å². The first-order valence-electron chi connectivity index (χ1n) is 4.16. The second-order valence-corrected chi connectivity index (χ2v) is 2.74. The zero-order chi connectivity index (χ0) is 7.82. The molecule has 0 aliphatic rings. The van der Waals surface area contributed by atoms with Crippen molar-refractivity contribution in [3.8, 4) is 0 Å². The molecule has 0 rings (SSSR count). The molecule has 0 amide bonds. The van der Waals surface area contributed by atoms with Gasteiger partial charge in [-0.25, -0.2) is 0 Å². The number of rotatable bonds is 6. The van der Waals surface area contributed by atoms with E-state index in [4.69, 9.17) is 5.11 Å². The molecule has 1 atom stereocenters. The Morgan fingerprint density at radius 3 is 2.45 bits per heavy atom. The van der Waals surface area contributed by atoms with E-state index in [1.807, 2.05) is 6.92 Å². The number of hydrogen-bond acceptors (Lipinski definition) is 3. The smallest absolute Gasteiger partial charge is 0.0524 e. The van der Waals surface area contributed by atoms with Crippen molar-refractivity contribution < 1.29 is 5.11 Å².